The lowest BCUT2D eigenvalue weighted by Gasteiger charge is -2.20. The molecular formula is C64H123NO5. The highest BCUT2D eigenvalue weighted by molar-refractivity contribution is 5.76. The van der Waals surface area contributed by atoms with Crippen molar-refractivity contribution < 1.29 is 24.5 Å². The molecular weight excluding hydrogens is 863 g/mol. The highest BCUT2D eigenvalue weighted by Crippen LogP contribution is 2.18. The van der Waals surface area contributed by atoms with E-state index < -0.39 is 12.1 Å². The molecule has 0 aliphatic heterocycles. The second-order valence-corrected chi connectivity index (χ2v) is 21.7. The molecule has 1 amide bonds. The van der Waals surface area contributed by atoms with Gasteiger partial charge in [0.05, 0.1) is 25.4 Å². The van der Waals surface area contributed by atoms with Gasteiger partial charge < -0.3 is 20.3 Å². The van der Waals surface area contributed by atoms with E-state index in [2.05, 4.69) is 31.3 Å². The summed E-state index contributed by atoms with van der Waals surface area (Å²) in [6.45, 7) is 4.86. The van der Waals surface area contributed by atoms with Crippen LogP contribution in [-0.4, -0.2) is 47.4 Å². The molecule has 0 saturated carbocycles. The number of carbonyl (C=O) groups excluding carboxylic acids is 2. The Hall–Kier alpha value is -1.66. The van der Waals surface area contributed by atoms with E-state index in [9.17, 15) is 19.8 Å². The van der Waals surface area contributed by atoms with Crippen LogP contribution in [0.5, 0.6) is 0 Å². The summed E-state index contributed by atoms with van der Waals surface area (Å²) < 4.78 is 5.48. The minimum Gasteiger partial charge on any atom is -0.466 e. The molecule has 0 rings (SSSR count). The highest BCUT2D eigenvalue weighted by atomic mass is 16.5. The van der Waals surface area contributed by atoms with E-state index in [-0.39, 0.29) is 18.5 Å². The normalized spacial score (nSPS) is 12.7. The summed E-state index contributed by atoms with van der Waals surface area (Å²) in [6.07, 6.45) is 73.6. The van der Waals surface area contributed by atoms with Crippen LogP contribution in [0.3, 0.4) is 0 Å². The smallest absolute Gasteiger partial charge is 0.305 e. The zero-order valence-electron chi connectivity index (χ0n) is 47.3. The number of rotatable bonds is 59. The SMILES string of the molecule is CCCCCCCC/C=C\CCCCCCCCCCCC(=O)OCCCCCCCCCCCC(=O)NC(CO)C(O)/C=C/CCCCCCCCCCCCCCCCCCCCCCCCC. The number of nitrogens with one attached hydrogen (secondary N) is 1. The molecule has 414 valence electrons. The molecule has 0 fully saturated rings. The Kier molecular flexibility index (Phi) is 58.5. The Bertz CT molecular complexity index is 1090. The van der Waals surface area contributed by atoms with Gasteiger partial charge in [0.1, 0.15) is 0 Å². The number of unbranched alkanes of at least 4 members (excludes halogenated alkanes) is 46. The Labute approximate surface area is 437 Å². The average Bonchev–Trinajstić information content (AvgIpc) is 3.36. The first-order chi connectivity index (χ1) is 34.5. The lowest BCUT2D eigenvalue weighted by Crippen LogP contribution is -2.45. The van der Waals surface area contributed by atoms with Crippen molar-refractivity contribution in [2.75, 3.05) is 13.2 Å². The summed E-state index contributed by atoms with van der Waals surface area (Å²) >= 11 is 0. The molecule has 0 aromatic carbocycles. The van der Waals surface area contributed by atoms with E-state index in [1.54, 1.807) is 6.08 Å². The Balaban J connectivity index is 3.48. The van der Waals surface area contributed by atoms with Crippen molar-refractivity contribution in [2.45, 2.75) is 360 Å². The van der Waals surface area contributed by atoms with Gasteiger partial charge in [-0.2, -0.15) is 0 Å². The fourth-order valence-corrected chi connectivity index (χ4v) is 9.87. The van der Waals surface area contributed by atoms with Crippen molar-refractivity contribution >= 4 is 11.9 Å². The van der Waals surface area contributed by atoms with Crippen LogP contribution in [0, 0.1) is 0 Å². The molecule has 0 heterocycles. The third-order valence-electron chi connectivity index (χ3n) is 14.7. The maximum Gasteiger partial charge on any atom is 0.305 e. The summed E-state index contributed by atoms with van der Waals surface area (Å²) in [5.41, 5.74) is 0. The number of aliphatic hydroxyl groups excluding tert-OH is 2. The standard InChI is InChI=1S/C64H123NO5/c1-3-5-7-9-11-13-15-17-19-21-23-24-25-26-27-28-30-31-33-35-37-40-44-48-52-56-62(67)61(60-66)65-63(68)57-53-49-45-41-39-43-47-51-55-59-70-64(69)58-54-50-46-42-38-36-34-32-29-22-20-18-16-14-12-10-8-6-4-2/h18,20,52,56,61-62,66-67H,3-17,19,21-51,53-55,57-60H2,1-2H3,(H,65,68)/b20-18-,56-52+. The minimum absolute atomic E-state index is 0.0265. The highest BCUT2D eigenvalue weighted by Gasteiger charge is 2.18. The van der Waals surface area contributed by atoms with Crippen molar-refractivity contribution in [3.8, 4) is 0 Å². The molecule has 0 bridgehead atoms. The monoisotopic (exact) mass is 986 g/mol. The molecule has 2 atom stereocenters. The van der Waals surface area contributed by atoms with Gasteiger partial charge in [-0.15, -0.1) is 0 Å². The Morgan fingerprint density at radius 1 is 0.386 bits per heavy atom. The zero-order valence-corrected chi connectivity index (χ0v) is 47.3. The van der Waals surface area contributed by atoms with Crippen molar-refractivity contribution in [3.05, 3.63) is 24.3 Å². The first-order valence-corrected chi connectivity index (χ1v) is 31.6. The van der Waals surface area contributed by atoms with Gasteiger partial charge in [0.15, 0.2) is 0 Å². The van der Waals surface area contributed by atoms with E-state index in [4.69, 9.17) is 4.74 Å². The van der Waals surface area contributed by atoms with Crippen LogP contribution in [0.4, 0.5) is 0 Å². The maximum atomic E-state index is 12.5. The summed E-state index contributed by atoms with van der Waals surface area (Å²) in [5.74, 6) is -0.118. The third-order valence-corrected chi connectivity index (χ3v) is 14.7. The van der Waals surface area contributed by atoms with Crippen molar-refractivity contribution in [1.82, 2.24) is 5.32 Å². The summed E-state index contributed by atoms with van der Waals surface area (Å²) in [5, 5.41) is 23.2. The number of ether oxygens (including phenoxy) is 1. The second kappa shape index (κ2) is 59.9. The molecule has 0 spiro atoms. The van der Waals surface area contributed by atoms with Crippen LogP contribution in [-0.2, 0) is 14.3 Å². The van der Waals surface area contributed by atoms with Crippen LogP contribution in [0.15, 0.2) is 24.3 Å². The molecule has 70 heavy (non-hydrogen) atoms. The van der Waals surface area contributed by atoms with Crippen LogP contribution in [0.25, 0.3) is 0 Å². The zero-order chi connectivity index (χ0) is 50.7. The van der Waals surface area contributed by atoms with Gasteiger partial charge in [0, 0.05) is 12.8 Å². The average molecular weight is 987 g/mol. The van der Waals surface area contributed by atoms with E-state index >= 15 is 0 Å². The largest absolute Gasteiger partial charge is 0.466 e. The lowest BCUT2D eigenvalue weighted by molar-refractivity contribution is -0.143. The topological polar surface area (TPSA) is 95.9 Å². The number of allylic oxidation sites excluding steroid dienone is 3. The number of aliphatic hydroxyl groups is 2. The van der Waals surface area contributed by atoms with Crippen molar-refractivity contribution in [2.24, 2.45) is 0 Å². The van der Waals surface area contributed by atoms with Gasteiger partial charge in [0.25, 0.3) is 0 Å². The fourth-order valence-electron chi connectivity index (χ4n) is 9.87. The number of esters is 1. The predicted octanol–water partition coefficient (Wildman–Crippen LogP) is 19.8. The quantitative estimate of drug-likeness (QED) is 0.0321. The van der Waals surface area contributed by atoms with E-state index in [1.807, 2.05) is 6.08 Å². The van der Waals surface area contributed by atoms with E-state index in [1.165, 1.54) is 263 Å². The van der Waals surface area contributed by atoms with Gasteiger partial charge in [-0.1, -0.05) is 301 Å². The minimum atomic E-state index is -0.863. The van der Waals surface area contributed by atoms with Crippen molar-refractivity contribution in [3.63, 3.8) is 0 Å². The van der Waals surface area contributed by atoms with Crippen LogP contribution >= 0.6 is 0 Å². The molecule has 0 aliphatic carbocycles. The number of amides is 1. The second-order valence-electron chi connectivity index (χ2n) is 21.7. The molecule has 3 N–H and O–H groups in total. The van der Waals surface area contributed by atoms with E-state index in [0.717, 1.165) is 57.8 Å². The third kappa shape index (κ3) is 55.7. The maximum absolute atomic E-state index is 12.5. The van der Waals surface area contributed by atoms with Crippen LogP contribution in [0.1, 0.15) is 348 Å². The van der Waals surface area contributed by atoms with E-state index in [0.29, 0.717) is 19.4 Å². The van der Waals surface area contributed by atoms with Gasteiger partial charge in [-0.3, -0.25) is 9.59 Å². The van der Waals surface area contributed by atoms with Gasteiger partial charge in [-0.25, -0.2) is 0 Å². The fraction of sp³-hybridized carbons (Fsp3) is 0.906. The summed E-state index contributed by atoms with van der Waals surface area (Å²) in [7, 11) is 0. The van der Waals surface area contributed by atoms with Crippen molar-refractivity contribution in [1.29, 1.82) is 0 Å². The molecule has 6 nitrogen and oxygen atoms in total. The first-order valence-electron chi connectivity index (χ1n) is 31.6. The molecule has 0 aromatic heterocycles. The molecule has 2 unspecified atom stereocenters. The molecule has 0 radical (unpaired) electrons. The Morgan fingerprint density at radius 2 is 0.671 bits per heavy atom. The summed E-state index contributed by atoms with van der Waals surface area (Å²) in [4.78, 5) is 24.6. The van der Waals surface area contributed by atoms with Crippen LogP contribution in [0.2, 0.25) is 0 Å². The Morgan fingerprint density at radius 3 is 1.01 bits per heavy atom. The predicted molar refractivity (Wildman–Crippen MR) is 306 cm³/mol. The molecule has 6 heteroatoms. The van der Waals surface area contributed by atoms with Gasteiger partial charge >= 0.3 is 5.97 Å². The van der Waals surface area contributed by atoms with Gasteiger partial charge in [-0.05, 0) is 57.8 Å². The molecule has 0 aliphatic rings. The first kappa shape index (κ1) is 68.3. The number of hydrogen-bond donors (Lipinski definition) is 3. The number of carbonyl (C=O) groups is 2. The van der Waals surface area contributed by atoms with Crippen LogP contribution < -0.4 is 5.32 Å². The molecule has 0 aromatic rings. The summed E-state index contributed by atoms with van der Waals surface area (Å²) in [6, 6.07) is -0.649. The van der Waals surface area contributed by atoms with Gasteiger partial charge in [0.2, 0.25) is 5.91 Å². The number of hydrogen-bond acceptors (Lipinski definition) is 5. The molecule has 0 saturated heterocycles. The lowest BCUT2D eigenvalue weighted by atomic mass is 10.0.